The van der Waals surface area contributed by atoms with Crippen LogP contribution in [0.15, 0.2) is 42.5 Å². The van der Waals surface area contributed by atoms with Crippen molar-refractivity contribution in [2.24, 2.45) is 5.92 Å². The lowest BCUT2D eigenvalue weighted by atomic mass is 9.82. The van der Waals surface area contributed by atoms with Gasteiger partial charge in [0.1, 0.15) is 0 Å². The van der Waals surface area contributed by atoms with Gasteiger partial charge in [-0.25, -0.2) is 0 Å². The molecule has 1 nitrogen and oxygen atoms in total. The molecule has 1 aromatic carbocycles. The third-order valence-electron chi connectivity index (χ3n) is 3.82. The molecule has 0 amide bonds. The van der Waals surface area contributed by atoms with E-state index in [-0.39, 0.29) is 6.10 Å². The van der Waals surface area contributed by atoms with E-state index < -0.39 is 0 Å². The van der Waals surface area contributed by atoms with Crippen molar-refractivity contribution in [2.75, 3.05) is 0 Å². The third kappa shape index (κ3) is 3.44. The number of aliphatic hydroxyl groups excluding tert-OH is 1. The maximum Gasteiger partial charge on any atom is 0.0827 e. The first-order valence-electron chi connectivity index (χ1n) is 6.68. The first-order valence-corrected chi connectivity index (χ1v) is 6.68. The number of rotatable bonds is 4. The highest BCUT2D eigenvalue weighted by atomic mass is 16.3. The molecule has 1 aromatic rings. The van der Waals surface area contributed by atoms with Gasteiger partial charge in [0.05, 0.1) is 6.10 Å². The summed E-state index contributed by atoms with van der Waals surface area (Å²) in [7, 11) is 0. The molecular weight excluding hydrogens is 208 g/mol. The van der Waals surface area contributed by atoms with Gasteiger partial charge in [-0.15, -0.1) is 0 Å². The summed E-state index contributed by atoms with van der Waals surface area (Å²) in [6.45, 7) is 4.18. The van der Waals surface area contributed by atoms with E-state index in [9.17, 15) is 5.11 Å². The Balaban J connectivity index is 1.89. The smallest absolute Gasteiger partial charge is 0.0827 e. The minimum atomic E-state index is -0.384. The molecule has 1 heteroatoms. The van der Waals surface area contributed by atoms with Crippen molar-refractivity contribution in [1.82, 2.24) is 0 Å². The molecule has 1 fully saturated rings. The summed E-state index contributed by atoms with van der Waals surface area (Å²) >= 11 is 0. The predicted octanol–water partition coefficient (Wildman–Crippen LogP) is 4.25. The summed E-state index contributed by atoms with van der Waals surface area (Å²) in [5, 5.41) is 10.2. The minimum absolute atomic E-state index is 0.384. The van der Waals surface area contributed by atoms with Crippen LogP contribution in [0.3, 0.4) is 0 Å². The van der Waals surface area contributed by atoms with Crippen molar-refractivity contribution in [3.8, 4) is 0 Å². The molecule has 17 heavy (non-hydrogen) atoms. The van der Waals surface area contributed by atoms with Crippen LogP contribution >= 0.6 is 0 Å². The van der Waals surface area contributed by atoms with E-state index in [1.54, 1.807) is 0 Å². The van der Waals surface area contributed by atoms with E-state index in [2.05, 4.69) is 6.58 Å². The molecule has 0 spiro atoms. The molecule has 0 saturated heterocycles. The summed E-state index contributed by atoms with van der Waals surface area (Å²) in [5.41, 5.74) is 2.24. The van der Waals surface area contributed by atoms with E-state index in [0.717, 1.165) is 5.56 Å². The van der Waals surface area contributed by atoms with Crippen molar-refractivity contribution in [1.29, 1.82) is 0 Å². The molecule has 0 heterocycles. The fourth-order valence-corrected chi connectivity index (χ4v) is 2.72. The van der Waals surface area contributed by atoms with Gasteiger partial charge in [0.25, 0.3) is 0 Å². The normalized spacial score (nSPS) is 18.9. The highest BCUT2D eigenvalue weighted by Crippen LogP contribution is 2.33. The zero-order chi connectivity index (χ0) is 12.1. The largest absolute Gasteiger partial charge is 0.388 e. The van der Waals surface area contributed by atoms with E-state index in [1.807, 2.05) is 30.3 Å². The van der Waals surface area contributed by atoms with Crippen LogP contribution in [0.25, 0.3) is 0 Å². The Bertz CT molecular complexity index is 349. The standard InChI is InChI=1S/C16H22O/c1-13(14-8-4-2-5-9-14)12-16(17)15-10-6-3-7-11-15/h3,6-7,10-11,14,16-17H,1-2,4-5,8-9,12H2/t16-/m1/s1. The average molecular weight is 230 g/mol. The van der Waals surface area contributed by atoms with Gasteiger partial charge < -0.3 is 5.11 Å². The molecule has 1 N–H and O–H groups in total. The number of aliphatic hydroxyl groups is 1. The first-order chi connectivity index (χ1) is 8.27. The van der Waals surface area contributed by atoms with E-state index in [1.165, 1.54) is 37.7 Å². The first kappa shape index (κ1) is 12.4. The fraction of sp³-hybridized carbons (Fsp3) is 0.500. The summed E-state index contributed by atoms with van der Waals surface area (Å²) in [4.78, 5) is 0. The van der Waals surface area contributed by atoms with Crippen LogP contribution in [-0.2, 0) is 0 Å². The molecule has 0 radical (unpaired) electrons. The van der Waals surface area contributed by atoms with Gasteiger partial charge >= 0.3 is 0 Å². The Morgan fingerprint density at radius 2 is 1.82 bits per heavy atom. The monoisotopic (exact) mass is 230 g/mol. The van der Waals surface area contributed by atoms with Crippen molar-refractivity contribution in [3.63, 3.8) is 0 Å². The Morgan fingerprint density at radius 3 is 2.47 bits per heavy atom. The van der Waals surface area contributed by atoms with Gasteiger partial charge in [0, 0.05) is 0 Å². The topological polar surface area (TPSA) is 20.2 Å². The second-order valence-corrected chi connectivity index (χ2v) is 5.12. The van der Waals surface area contributed by atoms with Gasteiger partial charge in [0.2, 0.25) is 0 Å². The molecular formula is C16H22O. The molecule has 0 aliphatic heterocycles. The molecule has 1 saturated carbocycles. The van der Waals surface area contributed by atoms with Crippen LogP contribution in [-0.4, -0.2) is 5.11 Å². The van der Waals surface area contributed by atoms with E-state index in [4.69, 9.17) is 0 Å². The Labute approximate surface area is 104 Å². The molecule has 0 unspecified atom stereocenters. The number of benzene rings is 1. The van der Waals surface area contributed by atoms with Crippen molar-refractivity contribution in [2.45, 2.75) is 44.6 Å². The fourth-order valence-electron chi connectivity index (χ4n) is 2.72. The van der Waals surface area contributed by atoms with Gasteiger partial charge in [-0.2, -0.15) is 0 Å². The number of hydrogen-bond acceptors (Lipinski definition) is 1. The lowest BCUT2D eigenvalue weighted by Gasteiger charge is -2.25. The molecule has 1 atom stereocenters. The van der Waals surface area contributed by atoms with E-state index in [0.29, 0.717) is 12.3 Å². The summed E-state index contributed by atoms with van der Waals surface area (Å²) in [6.07, 6.45) is 6.88. The van der Waals surface area contributed by atoms with Crippen molar-refractivity contribution < 1.29 is 5.11 Å². The van der Waals surface area contributed by atoms with Crippen LogP contribution in [0.2, 0.25) is 0 Å². The lowest BCUT2D eigenvalue weighted by Crippen LogP contribution is -2.11. The van der Waals surface area contributed by atoms with Gasteiger partial charge in [-0.1, -0.05) is 61.7 Å². The third-order valence-corrected chi connectivity index (χ3v) is 3.82. The molecule has 1 aliphatic carbocycles. The maximum absolute atomic E-state index is 10.2. The SMILES string of the molecule is C=C(C[C@@H](O)c1ccccc1)C1CCCCC1. The molecule has 92 valence electrons. The van der Waals surface area contributed by atoms with Gasteiger partial charge in [-0.05, 0) is 30.7 Å². The summed E-state index contributed by atoms with van der Waals surface area (Å²) in [6, 6.07) is 9.90. The Kier molecular flexibility index (Phi) is 4.38. The Hall–Kier alpha value is -1.08. The zero-order valence-corrected chi connectivity index (χ0v) is 10.4. The molecule has 0 aromatic heterocycles. The van der Waals surface area contributed by atoms with Crippen LogP contribution < -0.4 is 0 Å². The summed E-state index contributed by atoms with van der Waals surface area (Å²) < 4.78 is 0. The van der Waals surface area contributed by atoms with Crippen LogP contribution in [0.5, 0.6) is 0 Å². The van der Waals surface area contributed by atoms with Gasteiger partial charge in [0.15, 0.2) is 0 Å². The minimum Gasteiger partial charge on any atom is -0.388 e. The average Bonchev–Trinajstić information content (AvgIpc) is 2.40. The van der Waals surface area contributed by atoms with Crippen LogP contribution in [0.1, 0.15) is 50.2 Å². The predicted molar refractivity (Wildman–Crippen MR) is 71.7 cm³/mol. The van der Waals surface area contributed by atoms with Gasteiger partial charge in [-0.3, -0.25) is 0 Å². The maximum atomic E-state index is 10.2. The second-order valence-electron chi connectivity index (χ2n) is 5.12. The molecule has 2 rings (SSSR count). The zero-order valence-electron chi connectivity index (χ0n) is 10.4. The van der Waals surface area contributed by atoms with Crippen molar-refractivity contribution in [3.05, 3.63) is 48.0 Å². The van der Waals surface area contributed by atoms with Crippen LogP contribution in [0, 0.1) is 5.92 Å². The van der Waals surface area contributed by atoms with Crippen molar-refractivity contribution >= 4 is 0 Å². The highest BCUT2D eigenvalue weighted by Gasteiger charge is 2.19. The van der Waals surface area contributed by atoms with E-state index >= 15 is 0 Å². The van der Waals surface area contributed by atoms with Crippen LogP contribution in [0.4, 0.5) is 0 Å². The quantitative estimate of drug-likeness (QED) is 0.767. The summed E-state index contributed by atoms with van der Waals surface area (Å²) in [5.74, 6) is 0.641. The second kappa shape index (κ2) is 6.02. The Morgan fingerprint density at radius 1 is 1.18 bits per heavy atom. The number of hydrogen-bond donors (Lipinski definition) is 1. The molecule has 1 aliphatic rings. The highest BCUT2D eigenvalue weighted by molar-refractivity contribution is 5.19. The lowest BCUT2D eigenvalue weighted by molar-refractivity contribution is 0.172. The molecule has 0 bridgehead atoms.